The maximum Gasteiger partial charge on any atom is 0.333 e. The summed E-state index contributed by atoms with van der Waals surface area (Å²) in [7, 11) is 0. The van der Waals surface area contributed by atoms with E-state index in [4.69, 9.17) is 23.8 Å². The summed E-state index contributed by atoms with van der Waals surface area (Å²) in [5.41, 5.74) is 0.845. The van der Waals surface area contributed by atoms with Gasteiger partial charge in [-0.05, 0) is 58.4 Å². The monoisotopic (exact) mass is 729 g/mol. The second kappa shape index (κ2) is 19.1. The van der Waals surface area contributed by atoms with Gasteiger partial charge in [0.1, 0.15) is 6.10 Å². The minimum Gasteiger partial charge on any atom is -0.492 e. The van der Waals surface area contributed by atoms with Gasteiger partial charge >= 0.3 is 11.9 Å². The lowest BCUT2D eigenvalue weighted by Crippen LogP contribution is -2.50. The van der Waals surface area contributed by atoms with Crippen LogP contribution in [0.3, 0.4) is 0 Å². The number of rotatable bonds is 17. The number of epoxide rings is 1. The Hall–Kier alpha value is -4.14. The van der Waals surface area contributed by atoms with Gasteiger partial charge in [0.2, 0.25) is 23.6 Å². The second-order valence-corrected chi connectivity index (χ2v) is 14.3. The first-order chi connectivity index (χ1) is 24.7. The molecule has 0 aliphatic carbocycles. The third-order valence-corrected chi connectivity index (χ3v) is 9.54. The molecule has 0 bridgehead atoms. The Morgan fingerprint density at radius 1 is 1.06 bits per heavy atom. The standard InChI is InChI=1S/C38H55N3O11/c1-24(11-14-32-25(2)19-31(27(4)50-32)40-33(43)15-12-26(3)49-28(5)42)10-13-29-21-38(23-48-38)22-30(51-29)20-34(44)39-18-8-6-7-9-37(47)52-41-35(45)16-17-36(41)46/h10-13,15-17,25-27,29-32,45-46H,6-9,14,18-23H2,1-5H3,(H,39,44)(H,40,43). The highest BCUT2D eigenvalue weighted by Gasteiger charge is 2.51. The van der Waals surface area contributed by atoms with Crippen LogP contribution in [-0.2, 0) is 38.1 Å². The zero-order valence-electron chi connectivity index (χ0n) is 30.9. The number of amides is 2. The zero-order chi connectivity index (χ0) is 37.8. The molecule has 4 heterocycles. The zero-order valence-corrected chi connectivity index (χ0v) is 30.9. The van der Waals surface area contributed by atoms with Gasteiger partial charge in [-0.3, -0.25) is 14.4 Å². The molecule has 1 spiro atoms. The number of carbonyl (C=O) groups is 4. The van der Waals surface area contributed by atoms with Crippen LogP contribution in [0.25, 0.3) is 0 Å². The fourth-order valence-electron chi connectivity index (χ4n) is 6.60. The van der Waals surface area contributed by atoms with Gasteiger partial charge in [0.25, 0.3) is 0 Å². The van der Waals surface area contributed by atoms with Gasteiger partial charge in [0.05, 0.1) is 49.1 Å². The van der Waals surface area contributed by atoms with Crippen LogP contribution in [-0.4, -0.2) is 94.0 Å². The molecule has 8 unspecified atom stereocenters. The third kappa shape index (κ3) is 13.1. The number of hydrogen-bond acceptors (Lipinski definition) is 11. The maximum atomic E-state index is 12.7. The largest absolute Gasteiger partial charge is 0.492 e. The Bertz CT molecular complexity index is 1460. The number of hydrogen-bond donors (Lipinski definition) is 4. The molecule has 0 radical (unpaired) electrons. The van der Waals surface area contributed by atoms with Crippen molar-refractivity contribution >= 4 is 23.8 Å². The molecule has 8 atom stereocenters. The molecule has 0 aromatic carbocycles. The molecule has 3 aliphatic rings. The SMILES string of the molecule is CC(=O)OC(C)C=CC(=O)NC1CC(C)C(CC=C(C)C=CC2CC3(CO3)CC(CC(=O)NCCCCCC(=O)On3c(O)ccc3O)O2)OC1C. The normalized spacial score (nSPS) is 28.1. The average molecular weight is 730 g/mol. The molecular weight excluding hydrogens is 674 g/mol. The van der Waals surface area contributed by atoms with Gasteiger partial charge in [-0.25, -0.2) is 4.79 Å². The lowest BCUT2D eigenvalue weighted by atomic mass is 9.88. The number of ether oxygens (including phenoxy) is 4. The van der Waals surface area contributed by atoms with Crippen molar-refractivity contribution in [3.05, 3.63) is 48.1 Å². The molecule has 0 saturated carbocycles. The Morgan fingerprint density at radius 3 is 2.48 bits per heavy atom. The van der Waals surface area contributed by atoms with Crippen molar-refractivity contribution in [1.29, 1.82) is 0 Å². The third-order valence-electron chi connectivity index (χ3n) is 9.54. The number of nitrogens with one attached hydrogen (secondary N) is 2. The lowest BCUT2D eigenvalue weighted by molar-refractivity contribution is -0.145. The molecule has 52 heavy (non-hydrogen) atoms. The highest BCUT2D eigenvalue weighted by atomic mass is 16.7. The predicted molar refractivity (Wildman–Crippen MR) is 190 cm³/mol. The van der Waals surface area contributed by atoms with E-state index in [1.165, 1.54) is 25.1 Å². The van der Waals surface area contributed by atoms with Gasteiger partial charge in [0.15, 0.2) is 0 Å². The van der Waals surface area contributed by atoms with Crippen molar-refractivity contribution in [2.45, 2.75) is 135 Å². The summed E-state index contributed by atoms with van der Waals surface area (Å²) in [6, 6.07) is 2.31. The fourth-order valence-corrected chi connectivity index (χ4v) is 6.60. The van der Waals surface area contributed by atoms with Crippen molar-refractivity contribution in [2.24, 2.45) is 5.92 Å². The van der Waals surface area contributed by atoms with Crippen molar-refractivity contribution in [3.63, 3.8) is 0 Å². The minimum absolute atomic E-state index is 0.0143. The fraction of sp³-hybridized carbons (Fsp3) is 0.632. The maximum absolute atomic E-state index is 12.7. The van der Waals surface area contributed by atoms with E-state index in [2.05, 4.69) is 23.6 Å². The Morgan fingerprint density at radius 2 is 1.79 bits per heavy atom. The molecule has 14 nitrogen and oxygen atoms in total. The number of unbranched alkanes of at least 4 members (excludes halogenated alkanes) is 2. The van der Waals surface area contributed by atoms with Gasteiger partial charge in [-0.1, -0.05) is 37.1 Å². The van der Waals surface area contributed by atoms with E-state index < -0.39 is 18.0 Å². The molecule has 3 fully saturated rings. The second-order valence-electron chi connectivity index (χ2n) is 14.3. The van der Waals surface area contributed by atoms with Crippen LogP contribution >= 0.6 is 0 Å². The van der Waals surface area contributed by atoms with Gasteiger partial charge in [-0.15, -0.1) is 4.73 Å². The summed E-state index contributed by atoms with van der Waals surface area (Å²) in [6.07, 6.45) is 13.3. The van der Waals surface area contributed by atoms with E-state index in [1.807, 2.05) is 26.0 Å². The van der Waals surface area contributed by atoms with Crippen LogP contribution in [0.4, 0.5) is 0 Å². The number of esters is 1. The molecule has 14 heteroatoms. The Balaban J connectivity index is 1.14. The van der Waals surface area contributed by atoms with E-state index in [-0.39, 0.29) is 78.4 Å². The molecule has 1 aromatic heterocycles. The summed E-state index contributed by atoms with van der Waals surface area (Å²) < 4.78 is 24.1. The van der Waals surface area contributed by atoms with Crippen LogP contribution in [0.15, 0.2) is 48.1 Å². The van der Waals surface area contributed by atoms with Crippen molar-refractivity contribution in [3.8, 4) is 11.8 Å². The Labute approximate surface area is 305 Å². The van der Waals surface area contributed by atoms with Gasteiger partial charge in [0, 0.05) is 50.9 Å². The summed E-state index contributed by atoms with van der Waals surface area (Å²) in [4.78, 5) is 53.1. The van der Waals surface area contributed by atoms with E-state index in [1.54, 1.807) is 13.0 Å². The molecule has 3 aliphatic heterocycles. The molecule has 288 valence electrons. The smallest absolute Gasteiger partial charge is 0.333 e. The van der Waals surface area contributed by atoms with E-state index >= 15 is 0 Å². The predicted octanol–water partition coefficient (Wildman–Crippen LogP) is 3.94. The van der Waals surface area contributed by atoms with Crippen LogP contribution in [0.1, 0.15) is 92.4 Å². The number of aromatic nitrogens is 1. The van der Waals surface area contributed by atoms with Crippen LogP contribution in [0.5, 0.6) is 11.8 Å². The van der Waals surface area contributed by atoms with Crippen LogP contribution < -0.4 is 15.5 Å². The highest BCUT2D eigenvalue weighted by Crippen LogP contribution is 2.43. The first kappa shape index (κ1) is 40.6. The quantitative estimate of drug-likeness (QED) is 0.0598. The molecule has 3 saturated heterocycles. The number of allylic oxidation sites excluding steroid dienone is 2. The van der Waals surface area contributed by atoms with E-state index in [0.717, 1.165) is 24.8 Å². The summed E-state index contributed by atoms with van der Waals surface area (Å²) in [5.74, 6) is -1.82. The average Bonchev–Trinajstić information content (AvgIpc) is 3.74. The lowest BCUT2D eigenvalue weighted by Gasteiger charge is -2.39. The van der Waals surface area contributed by atoms with E-state index in [9.17, 15) is 29.4 Å². The van der Waals surface area contributed by atoms with E-state index in [0.29, 0.717) is 43.6 Å². The van der Waals surface area contributed by atoms with Crippen molar-refractivity contribution in [1.82, 2.24) is 15.4 Å². The van der Waals surface area contributed by atoms with Crippen molar-refractivity contribution in [2.75, 3.05) is 13.2 Å². The van der Waals surface area contributed by atoms with Crippen LogP contribution in [0, 0.1) is 5.92 Å². The van der Waals surface area contributed by atoms with Crippen molar-refractivity contribution < 1.29 is 53.2 Å². The Kier molecular flexibility index (Phi) is 14.9. The minimum atomic E-state index is -0.578. The summed E-state index contributed by atoms with van der Waals surface area (Å²) >= 11 is 0. The first-order valence-corrected chi connectivity index (χ1v) is 18.2. The molecular formula is C38H55N3O11. The van der Waals surface area contributed by atoms with Gasteiger partial charge < -0.3 is 44.6 Å². The first-order valence-electron chi connectivity index (χ1n) is 18.2. The number of carbonyl (C=O) groups excluding carboxylic acids is 4. The molecule has 1 aromatic rings. The summed E-state index contributed by atoms with van der Waals surface area (Å²) in [5, 5.41) is 25.1. The topological polar surface area (TPSA) is 187 Å². The summed E-state index contributed by atoms with van der Waals surface area (Å²) in [6.45, 7) is 10.3. The highest BCUT2D eigenvalue weighted by molar-refractivity contribution is 5.87. The van der Waals surface area contributed by atoms with Gasteiger partial charge in [-0.2, -0.15) is 0 Å². The molecule has 2 amide bonds. The number of aromatic hydroxyl groups is 2. The molecule has 4 N–H and O–H groups in total. The number of nitrogens with zero attached hydrogens (tertiary/aromatic N) is 1. The van der Waals surface area contributed by atoms with Crippen LogP contribution in [0.2, 0.25) is 0 Å². The molecule has 4 rings (SSSR count).